The molecule has 1 saturated heterocycles. The topological polar surface area (TPSA) is 46.8 Å². The molecule has 0 radical (unpaired) electrons. The molecule has 1 aromatic carbocycles. The highest BCUT2D eigenvalue weighted by Crippen LogP contribution is 2.40. The van der Waals surface area contributed by atoms with Gasteiger partial charge in [0.25, 0.3) is 0 Å². The van der Waals surface area contributed by atoms with Gasteiger partial charge >= 0.3 is 0 Å². The Morgan fingerprint density at radius 1 is 1.14 bits per heavy atom. The molecule has 1 aliphatic heterocycles. The lowest BCUT2D eigenvalue weighted by molar-refractivity contribution is 0.407. The fourth-order valence-electron chi connectivity index (χ4n) is 2.92. The molecular weight excluding hydrogens is 282 g/mol. The van der Waals surface area contributed by atoms with Gasteiger partial charge in [-0.1, -0.05) is 12.1 Å². The maximum absolute atomic E-state index is 4.68. The summed E-state index contributed by atoms with van der Waals surface area (Å²) >= 11 is 1.54. The van der Waals surface area contributed by atoms with Gasteiger partial charge in [0.2, 0.25) is 5.13 Å². The number of hydrogen-bond donors (Lipinski definition) is 0. The summed E-state index contributed by atoms with van der Waals surface area (Å²) in [5.41, 5.74) is 2.29. The second-order valence-corrected chi connectivity index (χ2v) is 6.64. The Bertz CT molecular complexity index is 797. The molecule has 0 N–H and O–H groups in total. The van der Waals surface area contributed by atoms with Crippen LogP contribution in [-0.4, -0.2) is 32.0 Å². The third-order valence-corrected chi connectivity index (χ3v) is 5.17. The third kappa shape index (κ3) is 1.86. The van der Waals surface area contributed by atoms with Crippen LogP contribution in [0.25, 0.3) is 11.0 Å². The third-order valence-electron chi connectivity index (χ3n) is 4.38. The molecule has 0 unspecified atom stereocenters. The first kappa shape index (κ1) is 11.7. The fraction of sp³-hybridized carbons (Fsp3) is 0.400. The minimum atomic E-state index is 0.491. The molecule has 3 aromatic rings. The first-order valence-corrected chi connectivity index (χ1v) is 8.16. The number of fused-ring (bicyclic) bond motifs is 1. The van der Waals surface area contributed by atoms with Crippen LogP contribution in [0.15, 0.2) is 30.6 Å². The number of aromatic nitrogens is 4. The van der Waals surface area contributed by atoms with Crippen molar-refractivity contribution < 1.29 is 0 Å². The van der Waals surface area contributed by atoms with Crippen LogP contribution in [0, 0.1) is 0 Å². The summed E-state index contributed by atoms with van der Waals surface area (Å²) in [5, 5.41) is 1.08. The van der Waals surface area contributed by atoms with Gasteiger partial charge in [0.15, 0.2) is 0 Å². The van der Waals surface area contributed by atoms with Crippen molar-refractivity contribution in [3.63, 3.8) is 0 Å². The van der Waals surface area contributed by atoms with Crippen molar-refractivity contribution in [3.8, 4) is 0 Å². The first-order chi connectivity index (χ1) is 10.4. The maximum atomic E-state index is 4.68. The van der Waals surface area contributed by atoms with Crippen LogP contribution in [0.4, 0.5) is 5.13 Å². The molecule has 0 amide bonds. The summed E-state index contributed by atoms with van der Waals surface area (Å²) in [6.07, 6.45) is 4.49. The number of imidazole rings is 1. The number of anilines is 1. The van der Waals surface area contributed by atoms with Gasteiger partial charge in [-0.05, 0) is 25.0 Å². The molecule has 6 heteroatoms. The van der Waals surface area contributed by atoms with Crippen molar-refractivity contribution in [2.24, 2.45) is 0 Å². The molecular formula is C15H15N5S. The van der Waals surface area contributed by atoms with E-state index in [1.807, 2.05) is 12.4 Å². The number of rotatable bonds is 3. The average molecular weight is 297 g/mol. The predicted octanol–water partition coefficient (Wildman–Crippen LogP) is 2.83. The zero-order valence-corrected chi connectivity index (χ0v) is 12.3. The smallest absolute Gasteiger partial charge is 0.205 e. The van der Waals surface area contributed by atoms with E-state index < -0.39 is 0 Å². The van der Waals surface area contributed by atoms with E-state index in [1.165, 1.54) is 18.4 Å². The summed E-state index contributed by atoms with van der Waals surface area (Å²) in [7, 11) is 0. The van der Waals surface area contributed by atoms with Crippen molar-refractivity contribution in [3.05, 3.63) is 36.4 Å². The highest BCUT2D eigenvalue weighted by Gasteiger charge is 2.33. The lowest BCUT2D eigenvalue weighted by atomic mass is 10.1. The average Bonchev–Trinajstić information content (AvgIpc) is 3.06. The van der Waals surface area contributed by atoms with Gasteiger partial charge in [-0.3, -0.25) is 0 Å². The number of nitrogens with zero attached hydrogens (tertiary/aromatic N) is 5. The molecule has 1 saturated carbocycles. The quantitative estimate of drug-likeness (QED) is 0.746. The van der Waals surface area contributed by atoms with Gasteiger partial charge in [0.1, 0.15) is 5.82 Å². The van der Waals surface area contributed by atoms with Crippen LogP contribution in [0.3, 0.4) is 0 Å². The second kappa shape index (κ2) is 4.27. The lowest BCUT2D eigenvalue weighted by Gasteiger charge is -2.39. The second-order valence-electron chi connectivity index (χ2n) is 5.91. The molecule has 5 rings (SSSR count). The van der Waals surface area contributed by atoms with Crippen molar-refractivity contribution in [2.75, 3.05) is 18.0 Å². The van der Waals surface area contributed by atoms with Gasteiger partial charge in [-0.25, -0.2) is 9.97 Å². The van der Waals surface area contributed by atoms with Crippen LogP contribution < -0.4 is 4.90 Å². The van der Waals surface area contributed by atoms with Crippen molar-refractivity contribution in [2.45, 2.75) is 24.8 Å². The van der Waals surface area contributed by atoms with Crippen LogP contribution in [0.1, 0.15) is 30.6 Å². The summed E-state index contributed by atoms with van der Waals surface area (Å²) in [4.78, 5) is 11.5. The summed E-state index contributed by atoms with van der Waals surface area (Å²) in [6, 6.07) is 8.80. The number of benzene rings is 1. The summed E-state index contributed by atoms with van der Waals surface area (Å²) in [6.45, 7) is 2.00. The van der Waals surface area contributed by atoms with Crippen LogP contribution in [-0.2, 0) is 0 Å². The van der Waals surface area contributed by atoms with E-state index in [2.05, 4.69) is 42.0 Å². The highest BCUT2D eigenvalue weighted by molar-refractivity contribution is 7.09. The predicted molar refractivity (Wildman–Crippen MR) is 82.9 cm³/mol. The minimum Gasteiger partial charge on any atom is -0.343 e. The molecule has 2 aromatic heterocycles. The molecule has 0 spiro atoms. The standard InChI is InChI=1S/C15H15N5S/c1-2-4-13-12(3-1)16-9-20(13)11-7-19(8-11)15-17-14(18-21-15)10-5-6-10/h1-4,9-11H,5-8H2. The monoisotopic (exact) mass is 297 g/mol. The minimum absolute atomic E-state index is 0.491. The van der Waals surface area contributed by atoms with E-state index in [4.69, 9.17) is 0 Å². The maximum Gasteiger partial charge on any atom is 0.205 e. The molecule has 0 atom stereocenters. The molecule has 106 valence electrons. The van der Waals surface area contributed by atoms with E-state index in [0.717, 1.165) is 29.6 Å². The van der Waals surface area contributed by atoms with E-state index in [0.29, 0.717) is 12.0 Å². The fourth-order valence-corrected chi connectivity index (χ4v) is 3.68. The van der Waals surface area contributed by atoms with E-state index in [1.54, 1.807) is 11.5 Å². The molecule has 3 heterocycles. The molecule has 0 bridgehead atoms. The van der Waals surface area contributed by atoms with Crippen molar-refractivity contribution in [1.82, 2.24) is 18.9 Å². The lowest BCUT2D eigenvalue weighted by Crippen LogP contribution is -2.47. The van der Waals surface area contributed by atoms with Gasteiger partial charge in [-0.15, -0.1) is 0 Å². The van der Waals surface area contributed by atoms with Crippen LogP contribution in [0.5, 0.6) is 0 Å². The Kier molecular flexibility index (Phi) is 2.38. The van der Waals surface area contributed by atoms with E-state index >= 15 is 0 Å². The molecule has 5 nitrogen and oxygen atoms in total. The SMILES string of the molecule is c1ccc2c(c1)ncn2C1CN(c2nc(C3CC3)ns2)C1. The summed E-state index contributed by atoms with van der Waals surface area (Å²) < 4.78 is 6.77. The van der Waals surface area contributed by atoms with Crippen molar-refractivity contribution >= 4 is 27.7 Å². The normalized spacial score (nSPS) is 19.1. The Labute approximate surface area is 126 Å². The van der Waals surface area contributed by atoms with Gasteiger partial charge < -0.3 is 9.47 Å². The Morgan fingerprint density at radius 3 is 2.86 bits per heavy atom. The Morgan fingerprint density at radius 2 is 2.00 bits per heavy atom. The van der Waals surface area contributed by atoms with E-state index in [9.17, 15) is 0 Å². The highest BCUT2D eigenvalue weighted by atomic mass is 32.1. The van der Waals surface area contributed by atoms with Gasteiger partial charge in [0, 0.05) is 30.5 Å². The Hall–Kier alpha value is -1.95. The molecule has 2 fully saturated rings. The molecule has 21 heavy (non-hydrogen) atoms. The zero-order valence-electron chi connectivity index (χ0n) is 11.5. The van der Waals surface area contributed by atoms with Crippen LogP contribution >= 0.6 is 11.5 Å². The van der Waals surface area contributed by atoms with Gasteiger partial charge in [0.05, 0.1) is 23.4 Å². The van der Waals surface area contributed by atoms with Gasteiger partial charge in [-0.2, -0.15) is 4.37 Å². The molecule has 1 aliphatic carbocycles. The first-order valence-electron chi connectivity index (χ1n) is 7.38. The Balaban J connectivity index is 1.35. The number of para-hydroxylation sites is 2. The zero-order chi connectivity index (χ0) is 13.8. The van der Waals surface area contributed by atoms with E-state index in [-0.39, 0.29) is 0 Å². The molecule has 2 aliphatic rings. The largest absolute Gasteiger partial charge is 0.343 e. The van der Waals surface area contributed by atoms with Crippen LogP contribution in [0.2, 0.25) is 0 Å². The summed E-state index contributed by atoms with van der Waals surface area (Å²) in [5.74, 6) is 1.70. The number of hydrogen-bond acceptors (Lipinski definition) is 5. The van der Waals surface area contributed by atoms with Crippen molar-refractivity contribution in [1.29, 1.82) is 0 Å².